The summed E-state index contributed by atoms with van der Waals surface area (Å²) in [7, 11) is 0. The fourth-order valence-electron chi connectivity index (χ4n) is 3.04. The molecule has 1 fully saturated rings. The summed E-state index contributed by atoms with van der Waals surface area (Å²) in [6, 6.07) is 19.5. The van der Waals surface area contributed by atoms with Crippen LogP contribution in [0.2, 0.25) is 0 Å². The summed E-state index contributed by atoms with van der Waals surface area (Å²) < 4.78 is 5.74. The first-order valence-corrected chi connectivity index (χ1v) is 7.75. The maximum Gasteiger partial charge on any atom is 0.295 e. The molecule has 1 N–H and O–H groups in total. The molecule has 112 valence electrons. The van der Waals surface area contributed by atoms with E-state index in [0.717, 1.165) is 37.2 Å². The van der Waals surface area contributed by atoms with E-state index in [4.69, 9.17) is 4.42 Å². The largest absolute Gasteiger partial charge is 0.424 e. The van der Waals surface area contributed by atoms with Gasteiger partial charge in [-0.25, -0.2) is 0 Å². The second-order valence-electron chi connectivity index (χ2n) is 5.84. The van der Waals surface area contributed by atoms with Gasteiger partial charge in [0.05, 0.1) is 0 Å². The molecule has 0 saturated carbocycles. The van der Waals surface area contributed by atoms with Crippen LogP contribution >= 0.6 is 0 Å². The van der Waals surface area contributed by atoms with Gasteiger partial charge >= 0.3 is 0 Å². The van der Waals surface area contributed by atoms with Gasteiger partial charge in [-0.1, -0.05) is 42.5 Å². The van der Waals surface area contributed by atoms with Crippen molar-refractivity contribution in [3.8, 4) is 0 Å². The number of nitrogens with one attached hydrogen (secondary N) is 1. The van der Waals surface area contributed by atoms with Crippen LogP contribution in [0.15, 0.2) is 59.0 Å². The molecule has 0 radical (unpaired) electrons. The van der Waals surface area contributed by atoms with E-state index in [9.17, 15) is 0 Å². The fraction of sp³-hybridized carbons (Fsp3) is 0.278. The molecule has 1 aromatic heterocycles. The van der Waals surface area contributed by atoms with Gasteiger partial charge in [-0.15, -0.1) is 0 Å². The number of benzene rings is 2. The Morgan fingerprint density at radius 1 is 1.09 bits per heavy atom. The molecule has 2 aromatic carbocycles. The predicted octanol–water partition coefficient (Wildman–Crippen LogP) is 3.51. The van der Waals surface area contributed by atoms with Crippen molar-refractivity contribution in [3.05, 3.63) is 60.2 Å². The average Bonchev–Trinajstić information content (AvgIpc) is 3.14. The highest BCUT2D eigenvalue weighted by Gasteiger charge is 2.23. The number of likely N-dealkylation sites (tertiary alicyclic amines) is 1. The minimum atomic E-state index is 0.400. The SMILES string of the molecule is c1ccc(CN2CC[C@H](Nc3nc4ccccc4o3)C2)cc1. The van der Waals surface area contributed by atoms with Crippen molar-refractivity contribution in [1.82, 2.24) is 9.88 Å². The lowest BCUT2D eigenvalue weighted by Crippen LogP contribution is -2.26. The number of para-hydroxylation sites is 2. The lowest BCUT2D eigenvalue weighted by molar-refractivity contribution is 0.328. The van der Waals surface area contributed by atoms with Crippen molar-refractivity contribution in [2.45, 2.75) is 19.0 Å². The second-order valence-corrected chi connectivity index (χ2v) is 5.84. The minimum Gasteiger partial charge on any atom is -0.424 e. The Balaban J connectivity index is 1.38. The lowest BCUT2D eigenvalue weighted by Gasteiger charge is -2.16. The van der Waals surface area contributed by atoms with Crippen molar-refractivity contribution < 1.29 is 4.42 Å². The molecule has 0 unspecified atom stereocenters. The molecule has 1 atom stereocenters. The van der Waals surface area contributed by atoms with Gasteiger partial charge in [-0.05, 0) is 24.1 Å². The molecule has 4 nitrogen and oxygen atoms in total. The number of fused-ring (bicyclic) bond motifs is 1. The van der Waals surface area contributed by atoms with Gasteiger partial charge in [0.1, 0.15) is 5.52 Å². The van der Waals surface area contributed by atoms with Gasteiger partial charge in [-0.3, -0.25) is 4.90 Å². The maximum absolute atomic E-state index is 5.74. The Labute approximate surface area is 129 Å². The van der Waals surface area contributed by atoms with Crippen LogP contribution in [0.3, 0.4) is 0 Å². The molecule has 0 bridgehead atoms. The Bertz CT molecular complexity index is 720. The van der Waals surface area contributed by atoms with Gasteiger partial charge < -0.3 is 9.73 Å². The molecular formula is C18H19N3O. The van der Waals surface area contributed by atoms with E-state index in [1.807, 2.05) is 24.3 Å². The molecule has 1 aliphatic heterocycles. The summed E-state index contributed by atoms with van der Waals surface area (Å²) in [5, 5.41) is 3.43. The molecule has 4 rings (SSSR count). The van der Waals surface area contributed by atoms with E-state index in [2.05, 4.69) is 45.5 Å². The third-order valence-electron chi connectivity index (χ3n) is 4.14. The highest BCUT2D eigenvalue weighted by Crippen LogP contribution is 2.21. The highest BCUT2D eigenvalue weighted by molar-refractivity contribution is 5.74. The molecular weight excluding hydrogens is 274 g/mol. The molecule has 2 heterocycles. The third kappa shape index (κ3) is 2.83. The van der Waals surface area contributed by atoms with Gasteiger partial charge in [0.2, 0.25) is 0 Å². The van der Waals surface area contributed by atoms with Crippen molar-refractivity contribution in [3.63, 3.8) is 0 Å². The smallest absolute Gasteiger partial charge is 0.295 e. The first kappa shape index (κ1) is 13.3. The molecule has 4 heteroatoms. The fourth-order valence-corrected chi connectivity index (χ4v) is 3.04. The number of hydrogen-bond donors (Lipinski definition) is 1. The molecule has 0 amide bonds. The van der Waals surface area contributed by atoms with Crippen LogP contribution in [0, 0.1) is 0 Å². The second kappa shape index (κ2) is 5.81. The Morgan fingerprint density at radius 2 is 1.91 bits per heavy atom. The summed E-state index contributed by atoms with van der Waals surface area (Å²) in [6.45, 7) is 3.13. The quantitative estimate of drug-likeness (QED) is 0.799. The standard InChI is InChI=1S/C18H19N3O/c1-2-6-14(7-3-1)12-21-11-10-15(13-21)19-18-20-16-8-4-5-9-17(16)22-18/h1-9,15H,10-13H2,(H,19,20)/t15-/m0/s1. The van der Waals surface area contributed by atoms with Gasteiger partial charge in [-0.2, -0.15) is 4.98 Å². The van der Waals surface area contributed by atoms with E-state index in [0.29, 0.717) is 12.1 Å². The van der Waals surface area contributed by atoms with Gasteiger partial charge in [0.25, 0.3) is 6.01 Å². The van der Waals surface area contributed by atoms with Crippen molar-refractivity contribution in [2.24, 2.45) is 0 Å². The van der Waals surface area contributed by atoms with Crippen LogP contribution in [0.1, 0.15) is 12.0 Å². The lowest BCUT2D eigenvalue weighted by atomic mass is 10.2. The molecule has 1 saturated heterocycles. The van der Waals surface area contributed by atoms with Crippen molar-refractivity contribution in [2.75, 3.05) is 18.4 Å². The van der Waals surface area contributed by atoms with Crippen molar-refractivity contribution in [1.29, 1.82) is 0 Å². The Kier molecular flexibility index (Phi) is 3.52. The Morgan fingerprint density at radius 3 is 2.77 bits per heavy atom. The minimum absolute atomic E-state index is 0.400. The van der Waals surface area contributed by atoms with Crippen LogP contribution in [0.4, 0.5) is 6.01 Å². The predicted molar refractivity (Wildman–Crippen MR) is 87.8 cm³/mol. The summed E-state index contributed by atoms with van der Waals surface area (Å²) in [5.74, 6) is 0. The van der Waals surface area contributed by atoms with E-state index in [1.165, 1.54) is 5.56 Å². The van der Waals surface area contributed by atoms with Gasteiger partial charge in [0.15, 0.2) is 5.58 Å². The molecule has 3 aromatic rings. The molecule has 0 spiro atoms. The first-order chi connectivity index (χ1) is 10.9. The van der Waals surface area contributed by atoms with Crippen LogP contribution in [-0.2, 0) is 6.54 Å². The van der Waals surface area contributed by atoms with E-state index >= 15 is 0 Å². The number of nitrogens with zero attached hydrogens (tertiary/aromatic N) is 2. The number of rotatable bonds is 4. The first-order valence-electron chi connectivity index (χ1n) is 7.75. The van der Waals surface area contributed by atoms with E-state index in [-0.39, 0.29) is 0 Å². The number of anilines is 1. The third-order valence-corrected chi connectivity index (χ3v) is 4.14. The van der Waals surface area contributed by atoms with Crippen molar-refractivity contribution >= 4 is 17.1 Å². The average molecular weight is 293 g/mol. The summed E-state index contributed by atoms with van der Waals surface area (Å²) in [5.41, 5.74) is 3.11. The van der Waals surface area contributed by atoms with Crippen LogP contribution < -0.4 is 5.32 Å². The Hall–Kier alpha value is -2.33. The zero-order chi connectivity index (χ0) is 14.8. The van der Waals surface area contributed by atoms with Crippen LogP contribution in [-0.4, -0.2) is 29.0 Å². The maximum atomic E-state index is 5.74. The number of hydrogen-bond acceptors (Lipinski definition) is 4. The monoisotopic (exact) mass is 293 g/mol. The number of aromatic nitrogens is 1. The molecule has 22 heavy (non-hydrogen) atoms. The zero-order valence-corrected chi connectivity index (χ0v) is 12.4. The van der Waals surface area contributed by atoms with Gasteiger partial charge in [0, 0.05) is 25.7 Å². The normalized spacial score (nSPS) is 18.8. The van der Waals surface area contributed by atoms with Crippen LogP contribution in [0.25, 0.3) is 11.1 Å². The molecule has 0 aliphatic carbocycles. The van der Waals surface area contributed by atoms with E-state index in [1.54, 1.807) is 0 Å². The highest BCUT2D eigenvalue weighted by atomic mass is 16.4. The van der Waals surface area contributed by atoms with Crippen LogP contribution in [0.5, 0.6) is 0 Å². The zero-order valence-electron chi connectivity index (χ0n) is 12.4. The van der Waals surface area contributed by atoms with E-state index < -0.39 is 0 Å². The summed E-state index contributed by atoms with van der Waals surface area (Å²) in [4.78, 5) is 6.96. The topological polar surface area (TPSA) is 41.3 Å². The number of oxazole rings is 1. The summed E-state index contributed by atoms with van der Waals surface area (Å²) in [6.07, 6.45) is 1.12. The molecule has 1 aliphatic rings. The summed E-state index contributed by atoms with van der Waals surface area (Å²) >= 11 is 0.